The van der Waals surface area contributed by atoms with Gasteiger partial charge in [-0.15, -0.1) is 0 Å². The summed E-state index contributed by atoms with van der Waals surface area (Å²) in [7, 11) is 0. The standard InChI is InChI=1S/C11H19NO5/c1-6(5-13)7(2)12-10(14)8-3-4-9(17-8)11(15)16/h6-9,13H,3-5H2,1-2H3,(H,12,14)(H,15,16). The van der Waals surface area contributed by atoms with E-state index in [1.807, 2.05) is 6.92 Å². The van der Waals surface area contributed by atoms with Crippen molar-refractivity contribution >= 4 is 11.9 Å². The van der Waals surface area contributed by atoms with E-state index < -0.39 is 18.2 Å². The van der Waals surface area contributed by atoms with Crippen LogP contribution in [0.4, 0.5) is 0 Å². The fraction of sp³-hybridized carbons (Fsp3) is 0.818. The lowest BCUT2D eigenvalue weighted by Crippen LogP contribution is -2.44. The number of carbonyl (C=O) groups is 2. The van der Waals surface area contributed by atoms with E-state index in [4.69, 9.17) is 14.9 Å². The molecule has 0 bridgehead atoms. The third-order valence-corrected chi connectivity index (χ3v) is 3.10. The minimum Gasteiger partial charge on any atom is -0.479 e. The van der Waals surface area contributed by atoms with Gasteiger partial charge in [-0.1, -0.05) is 6.92 Å². The molecular weight excluding hydrogens is 226 g/mol. The summed E-state index contributed by atoms with van der Waals surface area (Å²) in [6.45, 7) is 3.60. The molecule has 1 saturated heterocycles. The van der Waals surface area contributed by atoms with Gasteiger partial charge in [0.25, 0.3) is 0 Å². The molecule has 0 saturated carbocycles. The third-order valence-electron chi connectivity index (χ3n) is 3.10. The van der Waals surface area contributed by atoms with E-state index in [1.165, 1.54) is 0 Å². The second-order valence-electron chi connectivity index (χ2n) is 4.49. The van der Waals surface area contributed by atoms with E-state index in [-0.39, 0.29) is 24.5 Å². The van der Waals surface area contributed by atoms with Gasteiger partial charge in [-0.25, -0.2) is 4.79 Å². The molecule has 6 heteroatoms. The maximum atomic E-state index is 11.7. The molecule has 1 aliphatic heterocycles. The van der Waals surface area contributed by atoms with E-state index in [9.17, 15) is 9.59 Å². The summed E-state index contributed by atoms with van der Waals surface area (Å²) in [5.74, 6) is -1.38. The highest BCUT2D eigenvalue weighted by Crippen LogP contribution is 2.20. The van der Waals surface area contributed by atoms with E-state index >= 15 is 0 Å². The molecule has 0 aromatic rings. The summed E-state index contributed by atoms with van der Waals surface area (Å²) in [5, 5.41) is 20.4. The van der Waals surface area contributed by atoms with Gasteiger partial charge in [-0.3, -0.25) is 4.79 Å². The first-order valence-corrected chi connectivity index (χ1v) is 5.75. The lowest BCUT2D eigenvalue weighted by atomic mass is 10.0. The van der Waals surface area contributed by atoms with Crippen molar-refractivity contribution in [1.29, 1.82) is 0 Å². The third kappa shape index (κ3) is 3.67. The Hall–Kier alpha value is -1.14. The molecule has 1 fully saturated rings. The van der Waals surface area contributed by atoms with Crippen molar-refractivity contribution in [1.82, 2.24) is 5.32 Å². The van der Waals surface area contributed by atoms with Crippen molar-refractivity contribution in [3.8, 4) is 0 Å². The number of rotatable bonds is 5. The number of aliphatic hydroxyl groups excluding tert-OH is 1. The molecule has 1 amide bonds. The van der Waals surface area contributed by atoms with Crippen molar-refractivity contribution in [2.24, 2.45) is 5.92 Å². The number of carboxylic acid groups (broad SMARTS) is 1. The number of hydrogen-bond acceptors (Lipinski definition) is 4. The lowest BCUT2D eigenvalue weighted by molar-refractivity contribution is -0.152. The molecule has 3 N–H and O–H groups in total. The maximum absolute atomic E-state index is 11.7. The van der Waals surface area contributed by atoms with Crippen LogP contribution in [0.2, 0.25) is 0 Å². The molecule has 0 aromatic heterocycles. The van der Waals surface area contributed by atoms with Gasteiger partial charge in [0.1, 0.15) is 6.10 Å². The zero-order valence-corrected chi connectivity index (χ0v) is 10.0. The van der Waals surface area contributed by atoms with Crippen LogP contribution in [0.15, 0.2) is 0 Å². The zero-order chi connectivity index (χ0) is 13.0. The number of nitrogens with one attached hydrogen (secondary N) is 1. The minimum absolute atomic E-state index is 0.00920. The highest BCUT2D eigenvalue weighted by molar-refractivity contribution is 5.82. The Labute approximate surface area is 100.0 Å². The molecule has 1 aliphatic rings. The average molecular weight is 245 g/mol. The summed E-state index contributed by atoms with van der Waals surface area (Å²) >= 11 is 0. The largest absolute Gasteiger partial charge is 0.479 e. The average Bonchev–Trinajstić information content (AvgIpc) is 2.77. The highest BCUT2D eigenvalue weighted by atomic mass is 16.5. The number of aliphatic carboxylic acids is 1. The summed E-state index contributed by atoms with van der Waals surface area (Å²) in [6.07, 6.45) is -0.791. The monoisotopic (exact) mass is 245 g/mol. The van der Waals surface area contributed by atoms with Gasteiger partial charge >= 0.3 is 5.97 Å². The minimum atomic E-state index is -1.03. The molecule has 0 aliphatic carbocycles. The first-order chi connectivity index (χ1) is 7.95. The zero-order valence-electron chi connectivity index (χ0n) is 10.0. The van der Waals surface area contributed by atoms with Gasteiger partial charge < -0.3 is 20.3 Å². The topological polar surface area (TPSA) is 95.9 Å². The fourth-order valence-electron chi connectivity index (χ4n) is 1.63. The van der Waals surface area contributed by atoms with Crippen molar-refractivity contribution in [2.75, 3.05) is 6.61 Å². The quantitative estimate of drug-likeness (QED) is 0.621. The van der Waals surface area contributed by atoms with Crippen LogP contribution in [0.3, 0.4) is 0 Å². The van der Waals surface area contributed by atoms with Crippen LogP contribution < -0.4 is 5.32 Å². The maximum Gasteiger partial charge on any atom is 0.332 e. The van der Waals surface area contributed by atoms with Crippen molar-refractivity contribution in [2.45, 2.75) is 44.9 Å². The van der Waals surface area contributed by atoms with Crippen LogP contribution in [0, 0.1) is 5.92 Å². The summed E-state index contributed by atoms with van der Waals surface area (Å²) < 4.78 is 5.12. The molecule has 1 heterocycles. The van der Waals surface area contributed by atoms with Gasteiger partial charge in [0, 0.05) is 12.6 Å². The van der Waals surface area contributed by atoms with E-state index in [0.29, 0.717) is 12.8 Å². The number of amides is 1. The number of hydrogen-bond donors (Lipinski definition) is 3. The second kappa shape index (κ2) is 5.97. The van der Waals surface area contributed by atoms with E-state index in [0.717, 1.165) is 0 Å². The van der Waals surface area contributed by atoms with Crippen molar-refractivity contribution in [3.63, 3.8) is 0 Å². The Morgan fingerprint density at radius 3 is 2.41 bits per heavy atom. The normalized spacial score (nSPS) is 27.5. The van der Waals surface area contributed by atoms with E-state index in [2.05, 4.69) is 5.32 Å². The molecule has 4 atom stereocenters. The summed E-state index contributed by atoms with van der Waals surface area (Å²) in [5.41, 5.74) is 0. The predicted octanol–water partition coefficient (Wildman–Crippen LogP) is -0.248. The highest BCUT2D eigenvalue weighted by Gasteiger charge is 2.35. The van der Waals surface area contributed by atoms with Crippen LogP contribution >= 0.6 is 0 Å². The second-order valence-corrected chi connectivity index (χ2v) is 4.49. The molecule has 6 nitrogen and oxygen atoms in total. The summed E-state index contributed by atoms with van der Waals surface area (Å²) in [6, 6.07) is -0.167. The Kier molecular flexibility index (Phi) is 4.89. The molecule has 17 heavy (non-hydrogen) atoms. The number of ether oxygens (including phenoxy) is 1. The van der Waals surface area contributed by atoms with Crippen molar-refractivity contribution in [3.05, 3.63) is 0 Å². The van der Waals surface area contributed by atoms with Crippen molar-refractivity contribution < 1.29 is 24.5 Å². The Bertz CT molecular complexity index is 294. The molecule has 0 spiro atoms. The Morgan fingerprint density at radius 1 is 1.35 bits per heavy atom. The van der Waals surface area contributed by atoms with Crippen LogP contribution in [0.1, 0.15) is 26.7 Å². The van der Waals surface area contributed by atoms with Gasteiger partial charge in [-0.05, 0) is 25.7 Å². The molecule has 4 unspecified atom stereocenters. The Morgan fingerprint density at radius 2 is 1.94 bits per heavy atom. The van der Waals surface area contributed by atoms with Crippen LogP contribution in [-0.4, -0.2) is 46.9 Å². The van der Waals surface area contributed by atoms with Gasteiger partial charge in [0.15, 0.2) is 6.10 Å². The lowest BCUT2D eigenvalue weighted by Gasteiger charge is -2.21. The Balaban J connectivity index is 2.42. The molecule has 98 valence electrons. The first-order valence-electron chi connectivity index (χ1n) is 5.75. The number of aliphatic hydroxyl groups is 1. The number of carboxylic acids is 1. The summed E-state index contributed by atoms with van der Waals surface area (Å²) in [4.78, 5) is 22.4. The van der Waals surface area contributed by atoms with Gasteiger partial charge in [0.05, 0.1) is 0 Å². The van der Waals surface area contributed by atoms with Crippen LogP contribution in [0.25, 0.3) is 0 Å². The van der Waals surface area contributed by atoms with Crippen LogP contribution in [0.5, 0.6) is 0 Å². The van der Waals surface area contributed by atoms with Crippen LogP contribution in [-0.2, 0) is 14.3 Å². The molecule has 0 aromatic carbocycles. The number of carbonyl (C=O) groups excluding carboxylic acids is 1. The van der Waals surface area contributed by atoms with E-state index in [1.54, 1.807) is 6.92 Å². The van der Waals surface area contributed by atoms with Gasteiger partial charge in [0.2, 0.25) is 5.91 Å². The first kappa shape index (κ1) is 13.9. The molecule has 1 rings (SSSR count). The molecular formula is C11H19NO5. The fourth-order valence-corrected chi connectivity index (χ4v) is 1.63. The predicted molar refractivity (Wildman–Crippen MR) is 59.4 cm³/mol. The SMILES string of the molecule is CC(CO)C(C)NC(=O)C1CCC(C(=O)O)O1. The van der Waals surface area contributed by atoms with Gasteiger partial charge in [-0.2, -0.15) is 0 Å². The molecule has 0 radical (unpaired) electrons. The smallest absolute Gasteiger partial charge is 0.332 e.